The molecule has 0 aliphatic rings. The molecule has 0 fully saturated rings. The van der Waals surface area contributed by atoms with E-state index in [1.165, 1.54) is 12.5 Å². The maximum Gasteiger partial charge on any atom is 0.222 e. The van der Waals surface area contributed by atoms with Crippen LogP contribution in [0.5, 0.6) is 0 Å². The van der Waals surface area contributed by atoms with Gasteiger partial charge in [0.1, 0.15) is 0 Å². The van der Waals surface area contributed by atoms with E-state index >= 15 is 0 Å². The van der Waals surface area contributed by atoms with Gasteiger partial charge in [-0.15, -0.1) is 0 Å². The number of rotatable bonds is 8. The van der Waals surface area contributed by atoms with Crippen molar-refractivity contribution in [1.82, 2.24) is 10.6 Å². The Hall–Kier alpha value is -2.62. The predicted octanol–water partition coefficient (Wildman–Crippen LogP) is 3.70. The van der Waals surface area contributed by atoms with Gasteiger partial charge in [-0.3, -0.25) is 9.59 Å². The molecule has 2 rings (SSSR count). The highest BCUT2D eigenvalue weighted by Gasteiger charge is 2.18. The second-order valence-electron chi connectivity index (χ2n) is 6.86. The minimum absolute atomic E-state index is 0.0510. The number of hydrogen-bond donors (Lipinski definition) is 2. The molecule has 2 unspecified atom stereocenters. The Morgan fingerprint density at radius 1 is 0.962 bits per heavy atom. The largest absolute Gasteiger partial charge is 0.354 e. The quantitative estimate of drug-likeness (QED) is 0.761. The molecule has 0 aliphatic carbocycles. The van der Waals surface area contributed by atoms with E-state index in [4.69, 9.17) is 0 Å². The lowest BCUT2D eigenvalue weighted by molar-refractivity contribution is -0.123. The summed E-state index contributed by atoms with van der Waals surface area (Å²) in [5.41, 5.74) is 3.36. The average Bonchev–Trinajstić information content (AvgIpc) is 2.60. The SMILES string of the molecule is CC(=O)NC(CC(=O)NC(C)CCc1ccccc1)c1ccc(C)cc1. The summed E-state index contributed by atoms with van der Waals surface area (Å²) in [6, 6.07) is 17.9. The van der Waals surface area contributed by atoms with Crippen LogP contribution in [0.2, 0.25) is 0 Å². The maximum absolute atomic E-state index is 12.4. The Labute approximate surface area is 156 Å². The van der Waals surface area contributed by atoms with Crippen LogP contribution in [0.1, 0.15) is 49.4 Å². The third-order valence-corrected chi connectivity index (χ3v) is 4.36. The van der Waals surface area contributed by atoms with Gasteiger partial charge in [-0.2, -0.15) is 0 Å². The molecule has 138 valence electrons. The van der Waals surface area contributed by atoms with Crippen LogP contribution in [-0.4, -0.2) is 17.9 Å². The van der Waals surface area contributed by atoms with Crippen molar-refractivity contribution in [3.8, 4) is 0 Å². The van der Waals surface area contributed by atoms with Crippen LogP contribution in [0.25, 0.3) is 0 Å². The summed E-state index contributed by atoms with van der Waals surface area (Å²) in [6.07, 6.45) is 2.04. The highest BCUT2D eigenvalue weighted by molar-refractivity contribution is 5.79. The lowest BCUT2D eigenvalue weighted by atomic mass is 10.0. The minimum Gasteiger partial charge on any atom is -0.354 e. The van der Waals surface area contributed by atoms with Crippen LogP contribution in [0.4, 0.5) is 0 Å². The molecule has 4 heteroatoms. The van der Waals surface area contributed by atoms with Crippen molar-refractivity contribution >= 4 is 11.8 Å². The van der Waals surface area contributed by atoms with Gasteiger partial charge in [0.25, 0.3) is 0 Å². The average molecular weight is 352 g/mol. The van der Waals surface area contributed by atoms with Crippen molar-refractivity contribution in [3.05, 3.63) is 71.3 Å². The minimum atomic E-state index is -0.311. The standard InChI is InChI=1S/C22H28N2O2/c1-16-9-13-20(14-10-16)21(24-18(3)25)15-22(26)23-17(2)11-12-19-7-5-4-6-8-19/h4-10,13-14,17,21H,11-12,15H2,1-3H3,(H,23,26)(H,24,25). The van der Waals surface area contributed by atoms with Crippen LogP contribution in [0, 0.1) is 6.92 Å². The molecule has 0 radical (unpaired) electrons. The molecule has 0 aromatic heterocycles. The molecule has 2 aromatic carbocycles. The summed E-state index contributed by atoms with van der Waals surface area (Å²) in [4.78, 5) is 23.9. The third-order valence-electron chi connectivity index (χ3n) is 4.36. The number of carbonyl (C=O) groups is 2. The first-order valence-electron chi connectivity index (χ1n) is 9.11. The Balaban J connectivity index is 1.89. The summed E-state index contributed by atoms with van der Waals surface area (Å²) in [5.74, 6) is -0.189. The molecule has 2 N–H and O–H groups in total. The lowest BCUT2D eigenvalue weighted by Gasteiger charge is -2.20. The van der Waals surface area contributed by atoms with E-state index in [1.54, 1.807) is 0 Å². The first kappa shape index (κ1) is 19.7. The molecule has 0 saturated carbocycles. The van der Waals surface area contributed by atoms with E-state index < -0.39 is 0 Å². The second kappa shape index (κ2) is 9.76. The highest BCUT2D eigenvalue weighted by atomic mass is 16.2. The zero-order valence-corrected chi connectivity index (χ0v) is 15.8. The van der Waals surface area contributed by atoms with E-state index in [0.717, 1.165) is 24.0 Å². The second-order valence-corrected chi connectivity index (χ2v) is 6.86. The predicted molar refractivity (Wildman–Crippen MR) is 105 cm³/mol. The number of amides is 2. The number of hydrogen-bond acceptors (Lipinski definition) is 2. The fraction of sp³-hybridized carbons (Fsp3) is 0.364. The molecule has 2 atom stereocenters. The third kappa shape index (κ3) is 6.71. The molecule has 0 heterocycles. The van der Waals surface area contributed by atoms with Crippen LogP contribution >= 0.6 is 0 Å². The Morgan fingerprint density at radius 2 is 1.62 bits per heavy atom. The van der Waals surface area contributed by atoms with Gasteiger partial charge in [0.2, 0.25) is 11.8 Å². The molecule has 0 saturated heterocycles. The van der Waals surface area contributed by atoms with Crippen LogP contribution in [0.3, 0.4) is 0 Å². The lowest BCUT2D eigenvalue weighted by Crippen LogP contribution is -2.37. The normalized spacial score (nSPS) is 12.9. The van der Waals surface area contributed by atoms with E-state index in [2.05, 4.69) is 22.8 Å². The number of nitrogens with one attached hydrogen (secondary N) is 2. The summed E-state index contributed by atoms with van der Waals surface area (Å²) in [6.45, 7) is 5.50. The summed E-state index contributed by atoms with van der Waals surface area (Å²) in [7, 11) is 0. The van der Waals surface area contributed by atoms with Gasteiger partial charge in [0.15, 0.2) is 0 Å². The fourth-order valence-corrected chi connectivity index (χ4v) is 2.92. The number of aryl methyl sites for hydroxylation is 2. The molecule has 2 aromatic rings. The zero-order chi connectivity index (χ0) is 18.9. The van der Waals surface area contributed by atoms with Gasteiger partial charge in [-0.05, 0) is 37.8 Å². The van der Waals surface area contributed by atoms with E-state index in [0.29, 0.717) is 0 Å². The van der Waals surface area contributed by atoms with E-state index in [1.807, 2.05) is 56.3 Å². The van der Waals surface area contributed by atoms with E-state index in [-0.39, 0.29) is 30.3 Å². The first-order chi connectivity index (χ1) is 12.4. The highest BCUT2D eigenvalue weighted by Crippen LogP contribution is 2.18. The van der Waals surface area contributed by atoms with Crippen molar-refractivity contribution in [1.29, 1.82) is 0 Å². The summed E-state index contributed by atoms with van der Waals surface area (Å²) >= 11 is 0. The van der Waals surface area contributed by atoms with Gasteiger partial charge in [-0.1, -0.05) is 60.2 Å². The molecular weight excluding hydrogens is 324 g/mol. The van der Waals surface area contributed by atoms with E-state index in [9.17, 15) is 9.59 Å². The smallest absolute Gasteiger partial charge is 0.222 e. The number of carbonyl (C=O) groups excluding carboxylic acids is 2. The van der Waals surface area contributed by atoms with Gasteiger partial charge in [0.05, 0.1) is 12.5 Å². The molecule has 0 bridgehead atoms. The molecular formula is C22H28N2O2. The van der Waals surface area contributed by atoms with Gasteiger partial charge < -0.3 is 10.6 Å². The van der Waals surface area contributed by atoms with Crippen LogP contribution in [0.15, 0.2) is 54.6 Å². The molecule has 2 amide bonds. The van der Waals surface area contributed by atoms with Crippen LogP contribution < -0.4 is 10.6 Å². The maximum atomic E-state index is 12.4. The Kier molecular flexibility index (Phi) is 7.39. The summed E-state index contributed by atoms with van der Waals surface area (Å²) in [5, 5.41) is 5.92. The van der Waals surface area contributed by atoms with Crippen molar-refractivity contribution < 1.29 is 9.59 Å². The van der Waals surface area contributed by atoms with Gasteiger partial charge >= 0.3 is 0 Å². The van der Waals surface area contributed by atoms with Crippen LogP contribution in [-0.2, 0) is 16.0 Å². The molecule has 0 aliphatic heterocycles. The van der Waals surface area contributed by atoms with Crippen molar-refractivity contribution in [2.24, 2.45) is 0 Å². The fourth-order valence-electron chi connectivity index (χ4n) is 2.92. The van der Waals surface area contributed by atoms with Gasteiger partial charge in [-0.25, -0.2) is 0 Å². The molecule has 0 spiro atoms. The molecule has 26 heavy (non-hydrogen) atoms. The van der Waals surface area contributed by atoms with Crippen molar-refractivity contribution in [2.75, 3.05) is 0 Å². The monoisotopic (exact) mass is 352 g/mol. The topological polar surface area (TPSA) is 58.2 Å². The van der Waals surface area contributed by atoms with Gasteiger partial charge in [0, 0.05) is 13.0 Å². The van der Waals surface area contributed by atoms with Crippen molar-refractivity contribution in [2.45, 2.75) is 52.1 Å². The summed E-state index contributed by atoms with van der Waals surface area (Å²) < 4.78 is 0. The molecule has 4 nitrogen and oxygen atoms in total. The zero-order valence-electron chi connectivity index (χ0n) is 15.8. The van der Waals surface area contributed by atoms with Crippen molar-refractivity contribution in [3.63, 3.8) is 0 Å². The first-order valence-corrected chi connectivity index (χ1v) is 9.11. The Morgan fingerprint density at radius 3 is 2.23 bits per heavy atom. The number of benzene rings is 2. The Bertz CT molecular complexity index is 711.